The van der Waals surface area contributed by atoms with Gasteiger partial charge in [-0.05, 0) is 76.0 Å². The molecule has 0 fully saturated rings. The lowest BCUT2D eigenvalue weighted by Gasteiger charge is -2.10. The minimum Gasteiger partial charge on any atom is -0.494 e. The number of carbonyl (C=O) groups is 2. The van der Waals surface area contributed by atoms with E-state index in [-0.39, 0.29) is 17.6 Å². The van der Waals surface area contributed by atoms with Gasteiger partial charge in [0, 0.05) is 47.5 Å². The molecule has 0 aliphatic rings. The van der Waals surface area contributed by atoms with Crippen LogP contribution in [-0.4, -0.2) is 69.9 Å². The summed E-state index contributed by atoms with van der Waals surface area (Å²) in [4.78, 5) is 35.6. The van der Waals surface area contributed by atoms with Crippen molar-refractivity contribution in [3.8, 4) is 11.6 Å². The van der Waals surface area contributed by atoms with E-state index in [0.29, 0.717) is 45.9 Å². The van der Waals surface area contributed by atoms with Gasteiger partial charge in [-0.1, -0.05) is 24.3 Å². The molecule has 43 heavy (non-hydrogen) atoms. The summed E-state index contributed by atoms with van der Waals surface area (Å²) in [7, 11) is 5.77. The average Bonchev–Trinajstić information content (AvgIpc) is 3.50. The zero-order valence-electron chi connectivity index (χ0n) is 24.6. The van der Waals surface area contributed by atoms with E-state index in [1.54, 1.807) is 61.8 Å². The summed E-state index contributed by atoms with van der Waals surface area (Å²) in [5.41, 5.74) is 4.34. The van der Waals surface area contributed by atoms with Crippen molar-refractivity contribution in [1.82, 2.24) is 19.7 Å². The Labute approximate surface area is 249 Å². The van der Waals surface area contributed by atoms with Crippen molar-refractivity contribution in [2.24, 2.45) is 12.0 Å². The number of ether oxygens (including phenoxy) is 1. The van der Waals surface area contributed by atoms with Gasteiger partial charge in [0.2, 0.25) is 0 Å². The Kier molecular flexibility index (Phi) is 8.68. The van der Waals surface area contributed by atoms with Gasteiger partial charge in [-0.3, -0.25) is 19.3 Å². The van der Waals surface area contributed by atoms with E-state index in [1.165, 1.54) is 4.68 Å². The Morgan fingerprint density at radius 2 is 1.84 bits per heavy atom. The monoisotopic (exact) mass is 578 g/mol. The van der Waals surface area contributed by atoms with Crippen molar-refractivity contribution < 1.29 is 19.4 Å². The first-order valence-corrected chi connectivity index (χ1v) is 13.9. The molecule has 5 rings (SSSR count). The number of amides is 1. The third-order valence-corrected chi connectivity index (χ3v) is 6.90. The number of H-pyrrole nitrogens is 1. The fourth-order valence-corrected chi connectivity index (χ4v) is 4.74. The second kappa shape index (κ2) is 12.7. The van der Waals surface area contributed by atoms with Crippen molar-refractivity contribution in [3.05, 3.63) is 101 Å². The standard InChI is InChI=1S/C33H34N6O4/c1-21-17-30(39(4)37-21)33(42)35-25-8-5-7-22(18-25)31(40)23-9-14-27-28(32(41)36-29(27)19-23)20-34-24-10-12-26(13-11-24)43-16-6-15-38(2)3/h5,7-14,17-20,36,41H,6,15-16H2,1-4H3,(H,35,42). The maximum absolute atomic E-state index is 13.4. The smallest absolute Gasteiger partial charge is 0.273 e. The number of benzene rings is 3. The van der Waals surface area contributed by atoms with Gasteiger partial charge in [0.1, 0.15) is 11.4 Å². The molecule has 0 unspecified atom stereocenters. The number of aromatic hydroxyl groups is 1. The van der Waals surface area contributed by atoms with Crippen molar-refractivity contribution in [2.75, 3.05) is 32.6 Å². The maximum Gasteiger partial charge on any atom is 0.273 e. The van der Waals surface area contributed by atoms with Crippen molar-refractivity contribution >= 4 is 40.2 Å². The van der Waals surface area contributed by atoms with Crippen LogP contribution in [0, 0.1) is 6.92 Å². The Balaban J connectivity index is 1.28. The molecule has 0 saturated carbocycles. The molecule has 0 saturated heterocycles. The van der Waals surface area contributed by atoms with Crippen LogP contribution < -0.4 is 10.1 Å². The number of nitrogens with zero attached hydrogens (tertiary/aromatic N) is 4. The highest BCUT2D eigenvalue weighted by atomic mass is 16.5. The first-order chi connectivity index (χ1) is 20.7. The number of anilines is 1. The molecule has 0 atom stereocenters. The molecule has 3 N–H and O–H groups in total. The van der Waals surface area contributed by atoms with Gasteiger partial charge >= 0.3 is 0 Å². The van der Waals surface area contributed by atoms with Crippen LogP contribution in [0.15, 0.2) is 77.8 Å². The highest BCUT2D eigenvalue weighted by Gasteiger charge is 2.16. The van der Waals surface area contributed by atoms with Crippen LogP contribution in [0.3, 0.4) is 0 Å². The molecule has 10 heteroatoms. The Hall–Kier alpha value is -5.22. The minimum absolute atomic E-state index is 0.0423. The van der Waals surface area contributed by atoms with Crippen LogP contribution >= 0.6 is 0 Å². The number of carbonyl (C=O) groups excluding carboxylic acids is 2. The topological polar surface area (TPSA) is 125 Å². The lowest BCUT2D eigenvalue weighted by Crippen LogP contribution is -2.16. The zero-order valence-corrected chi connectivity index (χ0v) is 24.6. The molecular weight excluding hydrogens is 544 g/mol. The first kappa shape index (κ1) is 29.3. The van der Waals surface area contributed by atoms with Gasteiger partial charge in [-0.25, -0.2) is 0 Å². The van der Waals surface area contributed by atoms with Crippen LogP contribution in [-0.2, 0) is 7.05 Å². The quantitative estimate of drug-likeness (QED) is 0.108. The average molecular weight is 579 g/mol. The molecule has 0 aliphatic carbocycles. The lowest BCUT2D eigenvalue weighted by atomic mass is 10.0. The highest BCUT2D eigenvalue weighted by Crippen LogP contribution is 2.28. The predicted octanol–water partition coefficient (Wildman–Crippen LogP) is 5.48. The number of rotatable bonds is 11. The summed E-state index contributed by atoms with van der Waals surface area (Å²) < 4.78 is 7.29. The largest absolute Gasteiger partial charge is 0.494 e. The SMILES string of the molecule is Cc1cc(C(=O)Nc2cccc(C(=O)c3ccc4c(C=Nc5ccc(OCCCN(C)C)cc5)c(O)[nH]c4c3)c2)n(C)n1. The lowest BCUT2D eigenvalue weighted by molar-refractivity contribution is 0.101. The van der Waals surface area contributed by atoms with Crippen LogP contribution in [0.2, 0.25) is 0 Å². The van der Waals surface area contributed by atoms with E-state index in [4.69, 9.17) is 4.74 Å². The fraction of sp³-hybridized carbons (Fsp3) is 0.212. The number of hydrogen-bond acceptors (Lipinski definition) is 7. The molecule has 0 radical (unpaired) electrons. The number of hydrogen-bond donors (Lipinski definition) is 3. The third kappa shape index (κ3) is 6.99. The summed E-state index contributed by atoms with van der Waals surface area (Å²) in [5, 5.41) is 18.4. The normalized spacial score (nSPS) is 11.5. The van der Waals surface area contributed by atoms with Gasteiger partial charge in [-0.15, -0.1) is 0 Å². The van der Waals surface area contributed by atoms with E-state index >= 15 is 0 Å². The van der Waals surface area contributed by atoms with E-state index < -0.39 is 0 Å². The highest BCUT2D eigenvalue weighted by molar-refractivity contribution is 6.13. The van der Waals surface area contributed by atoms with Gasteiger partial charge in [-0.2, -0.15) is 5.10 Å². The van der Waals surface area contributed by atoms with Gasteiger partial charge in [0.15, 0.2) is 11.7 Å². The Bertz CT molecular complexity index is 1800. The maximum atomic E-state index is 13.4. The molecule has 2 aromatic heterocycles. The second-order valence-corrected chi connectivity index (χ2v) is 10.6. The number of fused-ring (bicyclic) bond motifs is 1. The number of aromatic nitrogens is 3. The van der Waals surface area contributed by atoms with Crippen LogP contribution in [0.1, 0.15) is 44.1 Å². The predicted molar refractivity (Wildman–Crippen MR) is 168 cm³/mol. The fourth-order valence-electron chi connectivity index (χ4n) is 4.74. The summed E-state index contributed by atoms with van der Waals surface area (Å²) >= 11 is 0. The molecule has 1 amide bonds. The minimum atomic E-state index is -0.315. The van der Waals surface area contributed by atoms with Gasteiger partial charge < -0.3 is 25.0 Å². The van der Waals surface area contributed by atoms with Gasteiger partial charge in [0.25, 0.3) is 5.91 Å². The Morgan fingerprint density at radius 3 is 2.56 bits per heavy atom. The summed E-state index contributed by atoms with van der Waals surface area (Å²) in [6.45, 7) is 3.42. The number of aryl methyl sites for hydroxylation is 2. The molecule has 5 aromatic rings. The molecule has 3 aromatic carbocycles. The number of ketones is 1. The van der Waals surface area contributed by atoms with Crippen molar-refractivity contribution in [3.63, 3.8) is 0 Å². The molecule has 10 nitrogen and oxygen atoms in total. The first-order valence-electron chi connectivity index (χ1n) is 13.9. The van der Waals surface area contributed by atoms with Crippen molar-refractivity contribution in [2.45, 2.75) is 13.3 Å². The summed E-state index contributed by atoms with van der Waals surface area (Å²) in [6, 6.07) is 21.1. The van der Waals surface area contributed by atoms with Gasteiger partial charge in [0.05, 0.1) is 23.6 Å². The molecule has 2 heterocycles. The van der Waals surface area contributed by atoms with Crippen LogP contribution in [0.5, 0.6) is 11.6 Å². The number of aromatic amines is 1. The number of nitrogens with one attached hydrogen (secondary N) is 2. The molecule has 220 valence electrons. The van der Waals surface area contributed by atoms with E-state index in [0.717, 1.165) is 29.8 Å². The Morgan fingerprint density at radius 1 is 1.07 bits per heavy atom. The summed E-state index contributed by atoms with van der Waals surface area (Å²) in [6.07, 6.45) is 2.54. The zero-order chi connectivity index (χ0) is 30.5. The van der Waals surface area contributed by atoms with Crippen molar-refractivity contribution in [1.29, 1.82) is 0 Å². The van der Waals surface area contributed by atoms with Crippen LogP contribution in [0.25, 0.3) is 10.9 Å². The van der Waals surface area contributed by atoms with E-state index in [2.05, 4.69) is 25.3 Å². The summed E-state index contributed by atoms with van der Waals surface area (Å²) in [5.74, 6) is 0.202. The number of aliphatic imine (C=N–C) groups is 1. The molecular formula is C33H34N6O4. The third-order valence-electron chi connectivity index (χ3n) is 6.90. The molecule has 0 bridgehead atoms. The molecule has 0 aliphatic heterocycles. The molecule has 0 spiro atoms. The second-order valence-electron chi connectivity index (χ2n) is 10.6. The van der Waals surface area contributed by atoms with E-state index in [9.17, 15) is 14.7 Å². The van der Waals surface area contributed by atoms with E-state index in [1.807, 2.05) is 45.3 Å². The van der Waals surface area contributed by atoms with Crippen LogP contribution in [0.4, 0.5) is 11.4 Å².